The number of benzene rings is 1. The Balaban J connectivity index is 1.80. The summed E-state index contributed by atoms with van der Waals surface area (Å²) in [5.74, 6) is 0.586. The van der Waals surface area contributed by atoms with Crippen molar-refractivity contribution in [2.24, 2.45) is 0 Å². The van der Waals surface area contributed by atoms with Gasteiger partial charge in [-0.3, -0.25) is 14.0 Å². The van der Waals surface area contributed by atoms with Gasteiger partial charge in [0.25, 0.3) is 5.56 Å². The lowest BCUT2D eigenvalue weighted by Gasteiger charge is -2.12. The Morgan fingerprint density at radius 3 is 2.88 bits per heavy atom. The molecule has 0 radical (unpaired) electrons. The quantitative estimate of drug-likeness (QED) is 0.777. The number of nitrogens with one attached hydrogen (secondary N) is 1. The van der Waals surface area contributed by atoms with Crippen molar-refractivity contribution in [3.05, 3.63) is 70.3 Å². The second-order valence-electron chi connectivity index (χ2n) is 5.69. The summed E-state index contributed by atoms with van der Waals surface area (Å²) in [7, 11) is 0. The van der Waals surface area contributed by atoms with Gasteiger partial charge in [0.2, 0.25) is 5.91 Å². The largest absolute Gasteiger partial charge is 0.487 e. The minimum atomic E-state index is -0.148. The first kappa shape index (κ1) is 16.7. The highest BCUT2D eigenvalue weighted by molar-refractivity contribution is 5.90. The second-order valence-corrected chi connectivity index (χ2v) is 5.69. The Hall–Kier alpha value is -3.15. The molecule has 0 saturated heterocycles. The van der Waals surface area contributed by atoms with Crippen LogP contribution in [-0.2, 0) is 11.4 Å². The summed E-state index contributed by atoms with van der Waals surface area (Å²) in [5, 5.41) is 2.80. The van der Waals surface area contributed by atoms with E-state index in [-0.39, 0.29) is 18.1 Å². The van der Waals surface area contributed by atoms with E-state index in [0.29, 0.717) is 29.2 Å². The molecule has 2 aromatic heterocycles. The Kier molecular flexibility index (Phi) is 4.79. The standard InChI is InChI=1S/C19H19N3O3/c1-3-18(23)21-14-8-7-13(2)16(10-14)25-12-15-11-19(24)22-9-5-4-6-17(22)20-15/h4-11H,3,12H2,1-2H3,(H,21,23). The molecule has 0 unspecified atom stereocenters. The molecule has 0 aliphatic heterocycles. The molecule has 3 aromatic rings. The van der Waals surface area contributed by atoms with Crippen LogP contribution in [0.1, 0.15) is 24.6 Å². The second kappa shape index (κ2) is 7.17. The number of carbonyl (C=O) groups excluding carboxylic acids is 1. The van der Waals surface area contributed by atoms with Gasteiger partial charge in [-0.15, -0.1) is 0 Å². The van der Waals surface area contributed by atoms with Crippen LogP contribution in [0.5, 0.6) is 5.75 Å². The summed E-state index contributed by atoms with van der Waals surface area (Å²) in [6, 6.07) is 12.3. The van der Waals surface area contributed by atoms with Crippen molar-refractivity contribution >= 4 is 17.2 Å². The predicted octanol–water partition coefficient (Wildman–Crippen LogP) is 2.93. The third-order valence-corrected chi connectivity index (χ3v) is 3.79. The number of hydrogen-bond donors (Lipinski definition) is 1. The summed E-state index contributed by atoms with van der Waals surface area (Å²) in [6.07, 6.45) is 2.09. The summed E-state index contributed by atoms with van der Waals surface area (Å²) < 4.78 is 7.30. The van der Waals surface area contributed by atoms with E-state index in [4.69, 9.17) is 4.74 Å². The summed E-state index contributed by atoms with van der Waals surface area (Å²) in [6.45, 7) is 3.89. The van der Waals surface area contributed by atoms with Crippen molar-refractivity contribution in [2.75, 3.05) is 5.32 Å². The topological polar surface area (TPSA) is 72.7 Å². The summed E-state index contributed by atoms with van der Waals surface area (Å²) in [4.78, 5) is 28.1. The van der Waals surface area contributed by atoms with E-state index >= 15 is 0 Å². The molecule has 1 aromatic carbocycles. The van der Waals surface area contributed by atoms with Gasteiger partial charge in [-0.1, -0.05) is 19.1 Å². The van der Waals surface area contributed by atoms with Crippen LogP contribution in [0.4, 0.5) is 5.69 Å². The average Bonchev–Trinajstić information content (AvgIpc) is 2.62. The maximum absolute atomic E-state index is 12.1. The number of anilines is 1. The first-order valence-corrected chi connectivity index (χ1v) is 8.07. The van der Waals surface area contributed by atoms with Gasteiger partial charge in [0.1, 0.15) is 18.0 Å². The third-order valence-electron chi connectivity index (χ3n) is 3.79. The number of amides is 1. The smallest absolute Gasteiger partial charge is 0.258 e. The number of ether oxygens (including phenoxy) is 1. The SMILES string of the molecule is CCC(=O)Nc1ccc(C)c(OCc2cc(=O)n3ccccc3n2)c1. The number of aromatic nitrogens is 2. The van der Waals surface area contributed by atoms with E-state index in [1.54, 1.807) is 31.3 Å². The van der Waals surface area contributed by atoms with Gasteiger partial charge in [-0.05, 0) is 30.7 Å². The van der Waals surface area contributed by atoms with Crippen molar-refractivity contribution < 1.29 is 9.53 Å². The van der Waals surface area contributed by atoms with E-state index in [1.165, 1.54) is 10.5 Å². The lowest BCUT2D eigenvalue weighted by Crippen LogP contribution is -2.16. The van der Waals surface area contributed by atoms with Gasteiger partial charge < -0.3 is 10.1 Å². The van der Waals surface area contributed by atoms with E-state index in [1.807, 2.05) is 25.1 Å². The zero-order valence-corrected chi connectivity index (χ0v) is 14.2. The van der Waals surface area contributed by atoms with Gasteiger partial charge in [0, 0.05) is 30.4 Å². The summed E-state index contributed by atoms with van der Waals surface area (Å²) >= 11 is 0. The lowest BCUT2D eigenvalue weighted by atomic mass is 10.2. The minimum Gasteiger partial charge on any atom is -0.487 e. The van der Waals surface area contributed by atoms with Crippen LogP contribution in [0.15, 0.2) is 53.5 Å². The van der Waals surface area contributed by atoms with E-state index in [0.717, 1.165) is 5.56 Å². The van der Waals surface area contributed by atoms with E-state index < -0.39 is 0 Å². The molecule has 0 aliphatic carbocycles. The first-order chi connectivity index (χ1) is 12.1. The monoisotopic (exact) mass is 337 g/mol. The van der Waals surface area contributed by atoms with Crippen molar-refractivity contribution in [3.63, 3.8) is 0 Å². The molecule has 1 N–H and O–H groups in total. The fourth-order valence-electron chi connectivity index (χ4n) is 2.41. The highest BCUT2D eigenvalue weighted by atomic mass is 16.5. The van der Waals surface area contributed by atoms with Crippen molar-refractivity contribution in [2.45, 2.75) is 26.9 Å². The van der Waals surface area contributed by atoms with E-state index in [9.17, 15) is 9.59 Å². The molecule has 2 heterocycles. The summed E-state index contributed by atoms with van der Waals surface area (Å²) in [5.41, 5.74) is 2.60. The number of hydrogen-bond acceptors (Lipinski definition) is 4. The normalized spacial score (nSPS) is 10.6. The van der Waals surface area contributed by atoms with Crippen molar-refractivity contribution in [1.82, 2.24) is 9.38 Å². The number of rotatable bonds is 5. The molecule has 0 spiro atoms. The van der Waals surface area contributed by atoms with Gasteiger partial charge in [-0.25, -0.2) is 4.98 Å². The van der Waals surface area contributed by atoms with Gasteiger partial charge >= 0.3 is 0 Å². The number of fused-ring (bicyclic) bond motifs is 1. The Morgan fingerprint density at radius 1 is 1.24 bits per heavy atom. The Morgan fingerprint density at radius 2 is 2.08 bits per heavy atom. The molecule has 25 heavy (non-hydrogen) atoms. The number of carbonyl (C=O) groups is 1. The zero-order chi connectivity index (χ0) is 17.8. The third kappa shape index (κ3) is 3.85. The van der Waals surface area contributed by atoms with Crippen LogP contribution in [0, 0.1) is 6.92 Å². The Bertz CT molecular complexity index is 979. The van der Waals surface area contributed by atoms with Crippen LogP contribution < -0.4 is 15.6 Å². The molecule has 0 bridgehead atoms. The van der Waals surface area contributed by atoms with Crippen LogP contribution in [-0.4, -0.2) is 15.3 Å². The maximum Gasteiger partial charge on any atom is 0.258 e. The number of aryl methyl sites for hydroxylation is 1. The van der Waals surface area contributed by atoms with Crippen LogP contribution in [0.3, 0.4) is 0 Å². The fourth-order valence-corrected chi connectivity index (χ4v) is 2.41. The highest BCUT2D eigenvalue weighted by Crippen LogP contribution is 2.23. The first-order valence-electron chi connectivity index (χ1n) is 8.07. The minimum absolute atomic E-state index is 0.0565. The maximum atomic E-state index is 12.1. The van der Waals surface area contributed by atoms with Crippen LogP contribution in [0.2, 0.25) is 0 Å². The van der Waals surface area contributed by atoms with Crippen molar-refractivity contribution in [1.29, 1.82) is 0 Å². The van der Waals surface area contributed by atoms with Crippen molar-refractivity contribution in [3.8, 4) is 5.75 Å². The lowest BCUT2D eigenvalue weighted by molar-refractivity contribution is -0.115. The average molecular weight is 337 g/mol. The Labute approximate surface area is 145 Å². The molecule has 0 atom stereocenters. The molecule has 6 nitrogen and oxygen atoms in total. The van der Waals surface area contributed by atoms with Gasteiger partial charge in [0.15, 0.2) is 0 Å². The highest BCUT2D eigenvalue weighted by Gasteiger charge is 2.07. The molecule has 1 amide bonds. The van der Waals surface area contributed by atoms with Gasteiger partial charge in [0.05, 0.1) is 5.69 Å². The molecule has 0 fully saturated rings. The molecule has 3 rings (SSSR count). The molecular formula is C19H19N3O3. The van der Waals surface area contributed by atoms with E-state index in [2.05, 4.69) is 10.3 Å². The number of nitrogens with zero attached hydrogens (tertiary/aromatic N) is 2. The van der Waals surface area contributed by atoms with Crippen LogP contribution >= 0.6 is 0 Å². The molecule has 0 saturated carbocycles. The molecule has 0 aliphatic rings. The molecular weight excluding hydrogens is 318 g/mol. The molecule has 6 heteroatoms. The van der Waals surface area contributed by atoms with Crippen LogP contribution in [0.25, 0.3) is 5.65 Å². The van der Waals surface area contributed by atoms with Gasteiger partial charge in [-0.2, -0.15) is 0 Å². The predicted molar refractivity (Wildman–Crippen MR) is 95.9 cm³/mol. The number of pyridine rings is 1. The fraction of sp³-hybridized carbons (Fsp3) is 0.211. The molecule has 128 valence electrons. The zero-order valence-electron chi connectivity index (χ0n) is 14.2.